The van der Waals surface area contributed by atoms with Gasteiger partial charge in [-0.3, -0.25) is 0 Å². The molecule has 3 aromatic rings. The molecule has 0 radical (unpaired) electrons. The molecule has 0 bridgehead atoms. The molecule has 0 spiro atoms. The topological polar surface area (TPSA) is 57.9 Å². The molecule has 1 aliphatic rings. The summed E-state index contributed by atoms with van der Waals surface area (Å²) < 4.78 is 21.5. The summed E-state index contributed by atoms with van der Waals surface area (Å²) in [5, 5.41) is 1.77. The zero-order valence-corrected chi connectivity index (χ0v) is 14.6. The molecule has 7 heteroatoms. The molecule has 5 nitrogen and oxygen atoms in total. The predicted octanol–water partition coefficient (Wildman–Crippen LogP) is 5.13. The monoisotopic (exact) mass is 378 g/mol. The van der Waals surface area contributed by atoms with E-state index in [9.17, 15) is 4.79 Å². The van der Waals surface area contributed by atoms with Gasteiger partial charge in [-0.15, -0.1) is 0 Å². The Morgan fingerprint density at radius 1 is 1.20 bits per heavy atom. The Morgan fingerprint density at radius 2 is 2.04 bits per heavy atom. The molecular weight excluding hydrogens is 367 g/mol. The van der Waals surface area contributed by atoms with Crippen LogP contribution >= 0.6 is 23.2 Å². The number of aryl methyl sites for hydroxylation is 1. The molecule has 1 aromatic heterocycles. The molecular formula is C18H12Cl2O5. The molecule has 0 saturated carbocycles. The molecule has 0 aliphatic carbocycles. The zero-order chi connectivity index (χ0) is 17.6. The third kappa shape index (κ3) is 2.90. The van der Waals surface area contributed by atoms with Crippen LogP contribution in [0.15, 0.2) is 34.7 Å². The van der Waals surface area contributed by atoms with Crippen molar-refractivity contribution in [3.63, 3.8) is 0 Å². The summed E-state index contributed by atoms with van der Waals surface area (Å²) in [6, 6.07) is 8.58. The average molecular weight is 379 g/mol. The highest BCUT2D eigenvalue weighted by molar-refractivity contribution is 6.32. The third-order valence-electron chi connectivity index (χ3n) is 3.94. The van der Waals surface area contributed by atoms with E-state index in [0.717, 1.165) is 5.39 Å². The number of carbonyl (C=O) groups excluding carboxylic acids is 1. The van der Waals surface area contributed by atoms with E-state index in [1.807, 2.05) is 0 Å². The second-order valence-electron chi connectivity index (χ2n) is 5.58. The first-order chi connectivity index (χ1) is 12.0. The van der Waals surface area contributed by atoms with Crippen molar-refractivity contribution in [3.8, 4) is 11.5 Å². The van der Waals surface area contributed by atoms with Gasteiger partial charge in [0.2, 0.25) is 12.6 Å². The van der Waals surface area contributed by atoms with Crippen molar-refractivity contribution >= 4 is 40.1 Å². The molecule has 0 N–H and O–H groups in total. The van der Waals surface area contributed by atoms with Crippen LogP contribution in [0.1, 0.15) is 21.7 Å². The molecule has 0 amide bonds. The summed E-state index contributed by atoms with van der Waals surface area (Å²) in [6.07, 6.45) is 0. The lowest BCUT2D eigenvalue weighted by molar-refractivity contribution is 0.0437. The van der Waals surface area contributed by atoms with Crippen molar-refractivity contribution in [2.75, 3.05) is 6.79 Å². The lowest BCUT2D eigenvalue weighted by atomic mass is 10.1. The quantitative estimate of drug-likeness (QED) is 0.591. The molecule has 128 valence electrons. The second-order valence-corrected chi connectivity index (χ2v) is 6.43. The minimum atomic E-state index is -0.557. The molecule has 0 fully saturated rings. The summed E-state index contributed by atoms with van der Waals surface area (Å²) in [6.45, 7) is 1.95. The molecule has 4 rings (SSSR count). The summed E-state index contributed by atoms with van der Waals surface area (Å²) >= 11 is 12.1. The van der Waals surface area contributed by atoms with E-state index in [1.165, 1.54) is 0 Å². The van der Waals surface area contributed by atoms with E-state index in [2.05, 4.69) is 0 Å². The number of esters is 1. The molecule has 0 unspecified atom stereocenters. The van der Waals surface area contributed by atoms with E-state index >= 15 is 0 Å². The summed E-state index contributed by atoms with van der Waals surface area (Å²) in [5.41, 5.74) is 1.96. The SMILES string of the molecule is Cc1c(C(=O)OCc2cc(Cl)c3c(c2)OCO3)oc2ccc(Cl)cc12. The maximum Gasteiger partial charge on any atom is 0.374 e. The Morgan fingerprint density at radius 3 is 2.88 bits per heavy atom. The number of ether oxygens (including phenoxy) is 3. The molecule has 2 heterocycles. The Labute approximate surface area is 153 Å². The second kappa shape index (κ2) is 6.17. The molecule has 1 aliphatic heterocycles. The molecule has 25 heavy (non-hydrogen) atoms. The number of fused-ring (bicyclic) bond motifs is 2. The molecule has 0 saturated heterocycles. The van der Waals surface area contributed by atoms with Gasteiger partial charge in [0.05, 0.1) is 5.02 Å². The van der Waals surface area contributed by atoms with Crippen molar-refractivity contribution in [1.82, 2.24) is 0 Å². The lowest BCUT2D eigenvalue weighted by Crippen LogP contribution is -2.05. The Kier molecular flexibility index (Phi) is 3.98. The molecule has 2 aromatic carbocycles. The van der Waals surface area contributed by atoms with E-state index in [0.29, 0.717) is 38.3 Å². The average Bonchev–Trinajstić information content (AvgIpc) is 3.18. The maximum absolute atomic E-state index is 12.4. The number of carbonyl (C=O) groups is 1. The first-order valence-electron chi connectivity index (χ1n) is 7.47. The van der Waals surface area contributed by atoms with Gasteiger partial charge < -0.3 is 18.6 Å². The number of benzene rings is 2. The molecule has 0 atom stereocenters. The largest absolute Gasteiger partial charge is 0.455 e. The first-order valence-corrected chi connectivity index (χ1v) is 8.22. The van der Waals surface area contributed by atoms with Crippen molar-refractivity contribution in [3.05, 3.63) is 57.3 Å². The van der Waals surface area contributed by atoms with Crippen molar-refractivity contribution in [2.24, 2.45) is 0 Å². The van der Waals surface area contributed by atoms with E-state index < -0.39 is 5.97 Å². The number of hydrogen-bond acceptors (Lipinski definition) is 5. The van der Waals surface area contributed by atoms with Crippen LogP contribution in [0.3, 0.4) is 0 Å². The fraction of sp³-hybridized carbons (Fsp3) is 0.167. The lowest BCUT2D eigenvalue weighted by Gasteiger charge is -2.06. The minimum absolute atomic E-state index is 0.0342. The number of halogens is 2. The van der Waals surface area contributed by atoms with Gasteiger partial charge in [-0.05, 0) is 42.8 Å². The normalized spacial score (nSPS) is 12.6. The van der Waals surface area contributed by atoms with E-state index in [-0.39, 0.29) is 19.2 Å². The summed E-state index contributed by atoms with van der Waals surface area (Å²) in [5.74, 6) is 0.637. The van der Waals surface area contributed by atoms with Gasteiger partial charge in [-0.2, -0.15) is 0 Å². The Hall–Kier alpha value is -2.37. The maximum atomic E-state index is 12.4. The first kappa shape index (κ1) is 16.1. The van der Waals surface area contributed by atoms with Gasteiger partial charge in [-0.1, -0.05) is 23.2 Å². The van der Waals surface area contributed by atoms with Gasteiger partial charge in [0.1, 0.15) is 12.2 Å². The van der Waals surface area contributed by atoms with Crippen LogP contribution in [0.5, 0.6) is 11.5 Å². The van der Waals surface area contributed by atoms with Crippen LogP contribution in [-0.4, -0.2) is 12.8 Å². The van der Waals surface area contributed by atoms with Crippen molar-refractivity contribution in [1.29, 1.82) is 0 Å². The highest BCUT2D eigenvalue weighted by atomic mass is 35.5. The minimum Gasteiger partial charge on any atom is -0.455 e. The van der Waals surface area contributed by atoms with Crippen LogP contribution in [0.2, 0.25) is 10.0 Å². The standard InChI is InChI=1S/C18H12Cl2O5/c1-9-12-6-11(19)2-3-14(12)25-16(9)18(21)22-7-10-4-13(20)17-15(5-10)23-8-24-17/h2-6H,7-8H2,1H3. The van der Waals surface area contributed by atoms with Crippen LogP contribution in [0, 0.1) is 6.92 Å². The number of hydrogen-bond donors (Lipinski definition) is 0. The van der Waals surface area contributed by atoms with Crippen molar-refractivity contribution in [2.45, 2.75) is 13.5 Å². The Bertz CT molecular complexity index is 993. The predicted molar refractivity (Wildman–Crippen MR) is 92.7 cm³/mol. The van der Waals surface area contributed by atoms with Crippen LogP contribution in [-0.2, 0) is 11.3 Å². The number of furan rings is 1. The third-order valence-corrected chi connectivity index (χ3v) is 4.46. The smallest absolute Gasteiger partial charge is 0.374 e. The van der Waals surface area contributed by atoms with Crippen LogP contribution in [0.4, 0.5) is 0 Å². The van der Waals surface area contributed by atoms with Gasteiger partial charge in [0.15, 0.2) is 11.5 Å². The zero-order valence-electron chi connectivity index (χ0n) is 13.1. The van der Waals surface area contributed by atoms with Crippen LogP contribution in [0.25, 0.3) is 11.0 Å². The fourth-order valence-corrected chi connectivity index (χ4v) is 3.17. The Balaban J connectivity index is 1.55. The van der Waals surface area contributed by atoms with E-state index in [1.54, 1.807) is 37.3 Å². The van der Waals surface area contributed by atoms with Gasteiger partial charge in [0, 0.05) is 16.0 Å². The summed E-state index contributed by atoms with van der Waals surface area (Å²) in [4.78, 5) is 12.4. The van der Waals surface area contributed by atoms with Crippen LogP contribution < -0.4 is 9.47 Å². The summed E-state index contributed by atoms with van der Waals surface area (Å²) in [7, 11) is 0. The highest BCUT2D eigenvalue weighted by Gasteiger charge is 2.21. The van der Waals surface area contributed by atoms with Crippen molar-refractivity contribution < 1.29 is 23.4 Å². The number of rotatable bonds is 3. The van der Waals surface area contributed by atoms with Gasteiger partial charge >= 0.3 is 5.97 Å². The highest BCUT2D eigenvalue weighted by Crippen LogP contribution is 2.40. The fourth-order valence-electron chi connectivity index (χ4n) is 2.71. The van der Waals surface area contributed by atoms with E-state index in [4.69, 9.17) is 41.8 Å². The van der Waals surface area contributed by atoms with Gasteiger partial charge in [0.25, 0.3) is 0 Å². The van der Waals surface area contributed by atoms with Gasteiger partial charge in [-0.25, -0.2) is 4.79 Å².